The summed E-state index contributed by atoms with van der Waals surface area (Å²) in [6, 6.07) is 0. The largest absolute Gasteiger partial charge is 0.785 e. The Morgan fingerprint density at radius 2 is 0.718 bits per heavy atom. The lowest BCUT2D eigenvalue weighted by Crippen LogP contribution is -2.32. The molecule has 0 aliphatic rings. The fraction of sp³-hybridized carbons (Fsp3) is 0.500. The van der Waals surface area contributed by atoms with Gasteiger partial charge in [0.05, 0.1) is 0 Å². The molecule has 0 saturated heterocycles. The molecular formula is C24H28BF10NO3. The van der Waals surface area contributed by atoms with Crippen molar-refractivity contribution >= 4 is 7.32 Å². The summed E-state index contributed by atoms with van der Waals surface area (Å²) in [6.45, 7) is 10.8. The standard InChI is InChI=1S/C12HBF10O3.C12H27N/c14-1-3(16)7(20)11(8(21)4(1)17)25-13(24)26-12-9(22)5(18)2(15)6(19)10(12)23;1-4-7-10-13(11-8-5-2)12-9-6-3/h24H;4-12H2,1-3H3. The van der Waals surface area contributed by atoms with Crippen molar-refractivity contribution in [2.24, 2.45) is 0 Å². The van der Waals surface area contributed by atoms with Gasteiger partial charge in [-0.25, -0.2) is 26.3 Å². The van der Waals surface area contributed by atoms with Gasteiger partial charge in [-0.1, -0.05) is 40.0 Å². The van der Waals surface area contributed by atoms with E-state index in [1.165, 1.54) is 58.2 Å². The fourth-order valence-corrected chi connectivity index (χ4v) is 3.08. The van der Waals surface area contributed by atoms with E-state index in [1.54, 1.807) is 0 Å². The van der Waals surface area contributed by atoms with Crippen LogP contribution < -0.4 is 9.31 Å². The smallest absolute Gasteiger partial charge is 0.496 e. The molecule has 0 aliphatic heterocycles. The summed E-state index contributed by atoms with van der Waals surface area (Å²) >= 11 is 0. The number of rotatable bonds is 13. The van der Waals surface area contributed by atoms with Gasteiger partial charge in [0, 0.05) is 0 Å². The van der Waals surface area contributed by atoms with Gasteiger partial charge in [-0.2, -0.15) is 17.6 Å². The maximum Gasteiger partial charge on any atom is 0.785 e. The zero-order valence-electron chi connectivity index (χ0n) is 21.4. The highest BCUT2D eigenvalue weighted by atomic mass is 19.2. The van der Waals surface area contributed by atoms with Gasteiger partial charge in [-0.05, 0) is 38.9 Å². The Balaban J connectivity index is 0.000000495. The fourth-order valence-electron chi connectivity index (χ4n) is 3.08. The molecule has 0 atom stereocenters. The molecule has 0 radical (unpaired) electrons. The lowest BCUT2D eigenvalue weighted by molar-refractivity contribution is 0.253. The predicted octanol–water partition coefficient (Wildman–Crippen LogP) is 7.20. The monoisotopic (exact) mass is 579 g/mol. The van der Waals surface area contributed by atoms with E-state index in [-0.39, 0.29) is 0 Å². The molecule has 39 heavy (non-hydrogen) atoms. The minimum Gasteiger partial charge on any atom is -0.496 e. The molecule has 4 nitrogen and oxygen atoms in total. The molecule has 0 saturated carbocycles. The van der Waals surface area contributed by atoms with E-state index in [9.17, 15) is 43.9 Å². The Labute approximate surface area is 219 Å². The predicted molar refractivity (Wildman–Crippen MR) is 123 cm³/mol. The number of benzene rings is 2. The summed E-state index contributed by atoms with van der Waals surface area (Å²) in [4.78, 5) is 2.64. The summed E-state index contributed by atoms with van der Waals surface area (Å²) in [5.74, 6) is -29.8. The molecule has 2 aromatic carbocycles. The third-order valence-corrected chi connectivity index (χ3v) is 5.26. The first-order chi connectivity index (χ1) is 18.3. The maximum atomic E-state index is 13.3. The second kappa shape index (κ2) is 16.4. The van der Waals surface area contributed by atoms with Crippen LogP contribution >= 0.6 is 0 Å². The summed E-state index contributed by atoms with van der Waals surface area (Å²) < 4.78 is 138. The van der Waals surface area contributed by atoms with Gasteiger partial charge < -0.3 is 19.2 Å². The molecule has 1 N–H and O–H groups in total. The van der Waals surface area contributed by atoms with Gasteiger partial charge in [-0.15, -0.1) is 0 Å². The zero-order valence-corrected chi connectivity index (χ0v) is 21.4. The molecule has 15 heteroatoms. The summed E-state index contributed by atoms with van der Waals surface area (Å²) in [6.07, 6.45) is 8.09. The number of halogens is 10. The SMILES string of the molecule is CCCCN(CCCC)CCCC.OB(Oc1c(F)c(F)c(F)c(F)c1F)Oc1c(F)c(F)c(F)c(F)c1F. The first-order valence-electron chi connectivity index (χ1n) is 12.1. The van der Waals surface area contributed by atoms with Gasteiger partial charge in [0.1, 0.15) is 0 Å². The first kappa shape index (κ1) is 34.4. The van der Waals surface area contributed by atoms with Crippen LogP contribution in [-0.2, 0) is 0 Å². The van der Waals surface area contributed by atoms with Crippen molar-refractivity contribution in [3.8, 4) is 11.5 Å². The molecule has 0 bridgehead atoms. The van der Waals surface area contributed by atoms with E-state index in [0.29, 0.717) is 0 Å². The second-order valence-corrected chi connectivity index (χ2v) is 8.24. The normalized spacial score (nSPS) is 10.9. The average Bonchev–Trinajstić information content (AvgIpc) is 2.93. The molecule has 2 aromatic rings. The Morgan fingerprint density at radius 1 is 0.487 bits per heavy atom. The van der Waals surface area contributed by atoms with Crippen molar-refractivity contribution < 1.29 is 58.2 Å². The van der Waals surface area contributed by atoms with Gasteiger partial charge in [0.25, 0.3) is 0 Å². The Kier molecular flexibility index (Phi) is 14.5. The third kappa shape index (κ3) is 9.19. The molecule has 220 valence electrons. The molecule has 0 heterocycles. The van der Waals surface area contributed by atoms with Gasteiger partial charge in [0.15, 0.2) is 11.5 Å². The summed E-state index contributed by atoms with van der Waals surface area (Å²) in [5, 5.41) is 9.17. The lowest BCUT2D eigenvalue weighted by atomic mass is 10.2. The second-order valence-electron chi connectivity index (χ2n) is 8.24. The maximum absolute atomic E-state index is 13.3. The number of hydrogen-bond donors (Lipinski definition) is 1. The van der Waals surface area contributed by atoms with E-state index < -0.39 is 77.0 Å². The zero-order chi connectivity index (χ0) is 29.9. The van der Waals surface area contributed by atoms with E-state index in [1.807, 2.05) is 0 Å². The number of unbranched alkanes of at least 4 members (excludes halogenated alkanes) is 3. The lowest BCUT2D eigenvalue weighted by Gasteiger charge is -2.21. The van der Waals surface area contributed by atoms with Crippen LogP contribution in [0.3, 0.4) is 0 Å². The molecule has 0 unspecified atom stereocenters. The Morgan fingerprint density at radius 3 is 0.949 bits per heavy atom. The Hall–Kier alpha value is -2.68. The topological polar surface area (TPSA) is 41.9 Å². The van der Waals surface area contributed by atoms with Crippen LogP contribution in [-0.4, -0.2) is 36.9 Å². The summed E-state index contributed by atoms with van der Waals surface area (Å²) in [7, 11) is -3.23. The highest BCUT2D eigenvalue weighted by Crippen LogP contribution is 2.32. The minimum absolute atomic E-state index is 1.32. The number of hydrogen-bond acceptors (Lipinski definition) is 4. The van der Waals surface area contributed by atoms with E-state index >= 15 is 0 Å². The molecular weight excluding hydrogens is 551 g/mol. The van der Waals surface area contributed by atoms with Crippen molar-refractivity contribution in [2.75, 3.05) is 19.6 Å². The number of nitrogens with zero attached hydrogens (tertiary/aromatic N) is 1. The van der Waals surface area contributed by atoms with E-state index in [0.717, 1.165) is 0 Å². The quantitative estimate of drug-likeness (QED) is 0.118. The molecule has 2 rings (SSSR count). The summed E-state index contributed by atoms with van der Waals surface area (Å²) in [5.41, 5.74) is 0. The molecule has 0 amide bonds. The van der Waals surface area contributed by atoms with Crippen LogP contribution in [0.25, 0.3) is 0 Å². The van der Waals surface area contributed by atoms with Crippen molar-refractivity contribution in [3.05, 3.63) is 58.2 Å². The van der Waals surface area contributed by atoms with Crippen LogP contribution in [0.5, 0.6) is 11.5 Å². The van der Waals surface area contributed by atoms with Crippen LogP contribution in [0, 0.1) is 58.2 Å². The van der Waals surface area contributed by atoms with Crippen LogP contribution in [0.2, 0.25) is 0 Å². The van der Waals surface area contributed by atoms with Crippen molar-refractivity contribution in [3.63, 3.8) is 0 Å². The molecule has 0 spiro atoms. The molecule has 0 aliphatic carbocycles. The minimum atomic E-state index is -3.23. The van der Waals surface area contributed by atoms with Crippen LogP contribution in [0.15, 0.2) is 0 Å². The highest BCUT2D eigenvalue weighted by Gasteiger charge is 2.35. The van der Waals surface area contributed by atoms with E-state index in [2.05, 4.69) is 35.0 Å². The highest BCUT2D eigenvalue weighted by molar-refractivity contribution is 6.36. The average molecular weight is 579 g/mol. The Bertz CT molecular complexity index is 945. The van der Waals surface area contributed by atoms with Gasteiger partial charge in [0.2, 0.25) is 58.2 Å². The van der Waals surface area contributed by atoms with Crippen molar-refractivity contribution in [1.29, 1.82) is 0 Å². The molecule has 0 fully saturated rings. The van der Waals surface area contributed by atoms with Crippen LogP contribution in [0.1, 0.15) is 59.3 Å². The third-order valence-electron chi connectivity index (χ3n) is 5.26. The molecule has 0 aromatic heterocycles. The van der Waals surface area contributed by atoms with Gasteiger partial charge >= 0.3 is 7.32 Å². The van der Waals surface area contributed by atoms with Crippen molar-refractivity contribution in [2.45, 2.75) is 59.3 Å². The van der Waals surface area contributed by atoms with Crippen LogP contribution in [0.4, 0.5) is 43.9 Å². The van der Waals surface area contributed by atoms with Crippen molar-refractivity contribution in [1.82, 2.24) is 4.90 Å². The first-order valence-corrected chi connectivity index (χ1v) is 12.1. The van der Waals surface area contributed by atoms with E-state index in [4.69, 9.17) is 5.02 Å². The van der Waals surface area contributed by atoms with Gasteiger partial charge in [-0.3, -0.25) is 0 Å².